The van der Waals surface area contributed by atoms with Gasteiger partial charge in [0, 0.05) is 16.4 Å². The van der Waals surface area contributed by atoms with Crippen LogP contribution in [0.3, 0.4) is 0 Å². The maximum Gasteiger partial charge on any atom is 0.238 e. The molecular weight excluding hydrogens is 314 g/mol. The fourth-order valence-corrected chi connectivity index (χ4v) is 2.48. The van der Waals surface area contributed by atoms with E-state index in [1.807, 2.05) is 19.1 Å². The van der Waals surface area contributed by atoms with Gasteiger partial charge in [-0.05, 0) is 48.0 Å². The molecule has 18 heavy (non-hydrogen) atoms. The largest absolute Gasteiger partial charge is 0.368 e. The summed E-state index contributed by atoms with van der Waals surface area (Å²) in [6.07, 6.45) is 2.70. The standard InChI is InChI=1S/C12H18BrN3OS/c1-3-6-16-12(2,11(14)17)8-18-10-5-4-9(13)7-15-10/h4-5,7,16H,3,6,8H2,1-2H3,(H2,14,17). The molecule has 0 fully saturated rings. The number of carbonyl (C=O) groups is 1. The third-order valence-electron chi connectivity index (χ3n) is 2.52. The summed E-state index contributed by atoms with van der Waals surface area (Å²) in [5, 5.41) is 4.07. The minimum atomic E-state index is -0.699. The van der Waals surface area contributed by atoms with Gasteiger partial charge in [0.15, 0.2) is 0 Å². The lowest BCUT2D eigenvalue weighted by Crippen LogP contribution is -2.55. The van der Waals surface area contributed by atoms with Crippen LogP contribution >= 0.6 is 27.7 Å². The topological polar surface area (TPSA) is 68.0 Å². The fraction of sp³-hybridized carbons (Fsp3) is 0.500. The number of nitrogens with zero attached hydrogens (tertiary/aromatic N) is 1. The van der Waals surface area contributed by atoms with Crippen molar-refractivity contribution in [2.75, 3.05) is 12.3 Å². The van der Waals surface area contributed by atoms with Crippen LogP contribution in [0, 0.1) is 0 Å². The van der Waals surface area contributed by atoms with E-state index in [-0.39, 0.29) is 5.91 Å². The van der Waals surface area contributed by atoms with E-state index in [1.54, 1.807) is 6.20 Å². The van der Waals surface area contributed by atoms with Gasteiger partial charge in [-0.2, -0.15) is 0 Å². The number of hydrogen-bond acceptors (Lipinski definition) is 4. The maximum atomic E-state index is 11.5. The number of thioether (sulfide) groups is 1. The molecule has 1 unspecified atom stereocenters. The van der Waals surface area contributed by atoms with Crippen LogP contribution in [-0.2, 0) is 4.79 Å². The van der Waals surface area contributed by atoms with Crippen LogP contribution in [0.25, 0.3) is 0 Å². The Hall–Kier alpha value is -0.590. The van der Waals surface area contributed by atoms with Gasteiger partial charge in [-0.1, -0.05) is 6.92 Å². The molecule has 0 bridgehead atoms. The Morgan fingerprint density at radius 1 is 1.61 bits per heavy atom. The first-order chi connectivity index (χ1) is 8.48. The molecule has 0 saturated heterocycles. The maximum absolute atomic E-state index is 11.5. The smallest absolute Gasteiger partial charge is 0.238 e. The van der Waals surface area contributed by atoms with Crippen molar-refractivity contribution in [2.45, 2.75) is 30.8 Å². The third-order valence-corrected chi connectivity index (χ3v) is 4.25. The second-order valence-corrected chi connectivity index (χ2v) is 6.14. The lowest BCUT2D eigenvalue weighted by Gasteiger charge is -2.26. The highest BCUT2D eigenvalue weighted by molar-refractivity contribution is 9.10. The minimum Gasteiger partial charge on any atom is -0.368 e. The van der Waals surface area contributed by atoms with E-state index in [9.17, 15) is 4.79 Å². The second-order valence-electron chi connectivity index (χ2n) is 4.23. The van der Waals surface area contributed by atoms with Gasteiger partial charge in [0.2, 0.25) is 5.91 Å². The number of halogens is 1. The molecule has 0 aliphatic heterocycles. The first-order valence-corrected chi connectivity index (χ1v) is 7.55. The van der Waals surface area contributed by atoms with Gasteiger partial charge < -0.3 is 11.1 Å². The molecule has 1 rings (SSSR count). The van der Waals surface area contributed by atoms with Gasteiger partial charge in [0.25, 0.3) is 0 Å². The SMILES string of the molecule is CCCNC(C)(CSc1ccc(Br)cn1)C(N)=O. The number of nitrogens with one attached hydrogen (secondary N) is 1. The second kappa shape index (κ2) is 7.11. The zero-order valence-corrected chi connectivity index (χ0v) is 13.0. The minimum absolute atomic E-state index is 0.333. The van der Waals surface area contributed by atoms with Crippen molar-refractivity contribution in [2.24, 2.45) is 5.73 Å². The van der Waals surface area contributed by atoms with E-state index in [2.05, 4.69) is 33.2 Å². The molecule has 1 atom stereocenters. The van der Waals surface area contributed by atoms with Crippen LogP contribution in [0.15, 0.2) is 27.8 Å². The van der Waals surface area contributed by atoms with Crippen LogP contribution in [0.2, 0.25) is 0 Å². The molecule has 3 N–H and O–H groups in total. The van der Waals surface area contributed by atoms with Crippen molar-refractivity contribution < 1.29 is 4.79 Å². The summed E-state index contributed by atoms with van der Waals surface area (Å²) in [6.45, 7) is 4.66. The molecule has 1 amide bonds. The number of hydrogen-bond donors (Lipinski definition) is 2. The van der Waals surface area contributed by atoms with Crippen LogP contribution in [0.4, 0.5) is 0 Å². The Kier molecular flexibility index (Phi) is 6.11. The van der Waals surface area contributed by atoms with Gasteiger partial charge in [-0.15, -0.1) is 11.8 Å². The van der Waals surface area contributed by atoms with Crippen LogP contribution in [0.1, 0.15) is 20.3 Å². The number of pyridine rings is 1. The van der Waals surface area contributed by atoms with E-state index in [1.165, 1.54) is 11.8 Å². The van der Waals surface area contributed by atoms with Crippen molar-refractivity contribution in [3.8, 4) is 0 Å². The van der Waals surface area contributed by atoms with Crippen LogP contribution in [-0.4, -0.2) is 28.7 Å². The molecule has 1 aromatic heterocycles. The van der Waals surface area contributed by atoms with E-state index in [0.29, 0.717) is 5.75 Å². The summed E-state index contributed by atoms with van der Waals surface area (Å²) < 4.78 is 0.939. The Labute approximate surface area is 120 Å². The van der Waals surface area contributed by atoms with Crippen LogP contribution in [0.5, 0.6) is 0 Å². The van der Waals surface area contributed by atoms with Crippen molar-refractivity contribution >= 4 is 33.6 Å². The highest BCUT2D eigenvalue weighted by Crippen LogP contribution is 2.22. The molecule has 100 valence electrons. The summed E-state index contributed by atoms with van der Waals surface area (Å²) in [6, 6.07) is 3.84. The van der Waals surface area contributed by atoms with E-state index >= 15 is 0 Å². The zero-order chi connectivity index (χ0) is 13.6. The molecule has 0 spiro atoms. The predicted molar refractivity (Wildman–Crippen MR) is 78.6 cm³/mol. The monoisotopic (exact) mass is 331 g/mol. The van der Waals surface area contributed by atoms with E-state index in [4.69, 9.17) is 5.73 Å². The Bertz CT molecular complexity index is 399. The summed E-state index contributed by atoms with van der Waals surface area (Å²) in [5.74, 6) is 0.234. The third kappa shape index (κ3) is 4.59. The Balaban J connectivity index is 2.62. The molecule has 1 heterocycles. The first-order valence-electron chi connectivity index (χ1n) is 5.77. The van der Waals surface area contributed by atoms with Crippen molar-refractivity contribution in [1.29, 1.82) is 0 Å². The molecule has 0 aliphatic rings. The molecule has 0 aromatic carbocycles. The Morgan fingerprint density at radius 2 is 2.33 bits per heavy atom. The summed E-state index contributed by atoms with van der Waals surface area (Å²) in [4.78, 5) is 15.8. The van der Waals surface area contributed by atoms with Gasteiger partial charge in [0.1, 0.15) is 5.54 Å². The van der Waals surface area contributed by atoms with Crippen molar-refractivity contribution in [3.63, 3.8) is 0 Å². The molecule has 0 aliphatic carbocycles. The lowest BCUT2D eigenvalue weighted by atomic mass is 10.1. The van der Waals surface area contributed by atoms with Gasteiger partial charge in [0.05, 0.1) is 5.03 Å². The average molecular weight is 332 g/mol. The average Bonchev–Trinajstić information content (AvgIpc) is 2.35. The van der Waals surface area contributed by atoms with Gasteiger partial charge >= 0.3 is 0 Å². The highest BCUT2D eigenvalue weighted by Gasteiger charge is 2.30. The highest BCUT2D eigenvalue weighted by atomic mass is 79.9. The molecule has 4 nitrogen and oxygen atoms in total. The summed E-state index contributed by atoms with van der Waals surface area (Å²) >= 11 is 4.85. The zero-order valence-electron chi connectivity index (χ0n) is 10.6. The number of primary amides is 1. The lowest BCUT2D eigenvalue weighted by molar-refractivity contribution is -0.122. The van der Waals surface area contributed by atoms with E-state index in [0.717, 1.165) is 22.5 Å². The number of amides is 1. The molecule has 0 saturated carbocycles. The quantitative estimate of drug-likeness (QED) is 0.751. The van der Waals surface area contributed by atoms with Gasteiger partial charge in [-0.25, -0.2) is 4.98 Å². The first kappa shape index (κ1) is 15.5. The number of carbonyl (C=O) groups excluding carboxylic acids is 1. The number of nitrogens with two attached hydrogens (primary N) is 1. The molecular formula is C12H18BrN3OS. The van der Waals surface area contributed by atoms with Crippen molar-refractivity contribution in [1.82, 2.24) is 10.3 Å². The van der Waals surface area contributed by atoms with Crippen LogP contribution < -0.4 is 11.1 Å². The van der Waals surface area contributed by atoms with Crippen molar-refractivity contribution in [3.05, 3.63) is 22.8 Å². The number of aromatic nitrogens is 1. The van der Waals surface area contributed by atoms with E-state index < -0.39 is 5.54 Å². The fourth-order valence-electron chi connectivity index (χ4n) is 1.28. The predicted octanol–water partition coefficient (Wildman–Crippen LogP) is 2.18. The van der Waals surface area contributed by atoms with Gasteiger partial charge in [-0.3, -0.25) is 4.79 Å². The molecule has 1 aromatic rings. The summed E-state index contributed by atoms with van der Waals surface area (Å²) in [7, 11) is 0. The number of rotatable bonds is 7. The Morgan fingerprint density at radius 3 is 2.83 bits per heavy atom. The normalized spacial score (nSPS) is 14.2. The molecule has 0 radical (unpaired) electrons. The summed E-state index contributed by atoms with van der Waals surface area (Å²) in [5.41, 5.74) is 4.76. The molecule has 6 heteroatoms.